The molecule has 0 amide bonds. The number of piperidine rings is 1. The molecule has 1 atom stereocenters. The van der Waals surface area contributed by atoms with Crippen molar-refractivity contribution in [2.24, 2.45) is 5.41 Å². The van der Waals surface area contributed by atoms with E-state index in [1.807, 2.05) is 19.1 Å². The zero-order valence-electron chi connectivity index (χ0n) is 14.3. The van der Waals surface area contributed by atoms with Crippen LogP contribution < -0.4 is 0 Å². The summed E-state index contributed by atoms with van der Waals surface area (Å²) in [4.78, 5) is 2.41. The molecular formula is C16H27N3O3S. The molecule has 2 aliphatic rings. The number of aryl methyl sites for hydroxylation is 1. The summed E-state index contributed by atoms with van der Waals surface area (Å²) in [5, 5.41) is 0. The van der Waals surface area contributed by atoms with Crippen LogP contribution in [0, 0.1) is 12.3 Å². The predicted molar refractivity (Wildman–Crippen MR) is 89.2 cm³/mol. The van der Waals surface area contributed by atoms with Crippen molar-refractivity contribution in [3.05, 3.63) is 23.7 Å². The number of likely N-dealkylation sites (tertiary alicyclic amines) is 1. The van der Waals surface area contributed by atoms with Gasteiger partial charge in [-0.2, -0.15) is 17.0 Å². The fourth-order valence-corrected chi connectivity index (χ4v) is 5.11. The Balaban J connectivity index is 1.66. The molecule has 0 unspecified atom stereocenters. The van der Waals surface area contributed by atoms with E-state index < -0.39 is 10.2 Å². The van der Waals surface area contributed by atoms with Crippen molar-refractivity contribution >= 4 is 10.2 Å². The van der Waals surface area contributed by atoms with Gasteiger partial charge in [0.25, 0.3) is 10.2 Å². The van der Waals surface area contributed by atoms with E-state index in [-0.39, 0.29) is 5.41 Å². The van der Waals surface area contributed by atoms with E-state index >= 15 is 0 Å². The quantitative estimate of drug-likeness (QED) is 0.836. The molecular weight excluding hydrogens is 314 g/mol. The molecule has 1 aromatic rings. The predicted octanol–water partition coefficient (Wildman–Crippen LogP) is 1.68. The van der Waals surface area contributed by atoms with Crippen LogP contribution in [0.1, 0.15) is 30.8 Å². The summed E-state index contributed by atoms with van der Waals surface area (Å²) in [5.41, 5.74) is 0.100. The van der Waals surface area contributed by atoms with Gasteiger partial charge >= 0.3 is 0 Å². The molecule has 0 aromatic carbocycles. The summed E-state index contributed by atoms with van der Waals surface area (Å²) in [6.07, 6.45) is 3.18. The van der Waals surface area contributed by atoms with Gasteiger partial charge in [0.15, 0.2) is 0 Å². The molecule has 0 N–H and O–H groups in total. The fraction of sp³-hybridized carbons (Fsp3) is 0.750. The topological polar surface area (TPSA) is 57.0 Å². The third kappa shape index (κ3) is 3.47. The Bertz CT molecular complexity index is 655. The first-order valence-electron chi connectivity index (χ1n) is 8.26. The summed E-state index contributed by atoms with van der Waals surface area (Å²) >= 11 is 0. The standard InChI is InChI=1S/C16H27N3O3S/c1-14-5-6-15(22-14)11-18-9-4-7-16(12-18)8-10-19(13-16)23(20,21)17(2)3/h5-6H,4,7-13H2,1-3H3/t16-/m1/s1. The van der Waals surface area contributed by atoms with Gasteiger partial charge in [-0.05, 0) is 50.3 Å². The number of nitrogens with zero attached hydrogens (tertiary/aromatic N) is 3. The van der Waals surface area contributed by atoms with Crippen LogP contribution in [-0.4, -0.2) is 62.2 Å². The molecule has 1 aromatic heterocycles. The van der Waals surface area contributed by atoms with E-state index in [2.05, 4.69) is 4.90 Å². The van der Waals surface area contributed by atoms with Gasteiger partial charge in [0.2, 0.25) is 0 Å². The molecule has 7 heteroatoms. The third-order valence-electron chi connectivity index (χ3n) is 5.11. The van der Waals surface area contributed by atoms with E-state index in [1.165, 1.54) is 4.31 Å². The first-order valence-corrected chi connectivity index (χ1v) is 9.66. The first-order chi connectivity index (χ1) is 10.8. The van der Waals surface area contributed by atoms with Gasteiger partial charge in [-0.1, -0.05) is 0 Å². The van der Waals surface area contributed by atoms with E-state index in [9.17, 15) is 8.42 Å². The summed E-state index contributed by atoms with van der Waals surface area (Å²) in [5.74, 6) is 1.94. The minimum Gasteiger partial charge on any atom is -0.465 e. The molecule has 1 spiro atoms. The Kier molecular flexibility index (Phi) is 4.57. The molecule has 23 heavy (non-hydrogen) atoms. The van der Waals surface area contributed by atoms with Gasteiger partial charge in [-0.3, -0.25) is 4.90 Å². The first kappa shape index (κ1) is 17.0. The maximum Gasteiger partial charge on any atom is 0.281 e. The second-order valence-electron chi connectivity index (χ2n) is 7.20. The fourth-order valence-electron chi connectivity index (χ4n) is 3.89. The molecule has 3 heterocycles. The van der Waals surface area contributed by atoms with Crippen LogP contribution in [-0.2, 0) is 16.8 Å². The normalized spacial score (nSPS) is 27.3. The van der Waals surface area contributed by atoms with Gasteiger partial charge in [0, 0.05) is 33.7 Å². The molecule has 0 aliphatic carbocycles. The lowest BCUT2D eigenvalue weighted by Gasteiger charge is -2.40. The second-order valence-corrected chi connectivity index (χ2v) is 9.34. The van der Waals surface area contributed by atoms with Gasteiger partial charge in [-0.25, -0.2) is 0 Å². The molecule has 3 rings (SSSR count). The van der Waals surface area contributed by atoms with Crippen molar-refractivity contribution < 1.29 is 12.8 Å². The van der Waals surface area contributed by atoms with E-state index in [4.69, 9.17) is 4.42 Å². The van der Waals surface area contributed by atoms with Crippen molar-refractivity contribution in [1.29, 1.82) is 0 Å². The zero-order valence-corrected chi connectivity index (χ0v) is 15.1. The molecule has 2 fully saturated rings. The summed E-state index contributed by atoms with van der Waals surface area (Å²) in [6.45, 7) is 6.06. The third-order valence-corrected chi connectivity index (χ3v) is 6.99. The lowest BCUT2D eigenvalue weighted by Crippen LogP contribution is -2.46. The Morgan fingerprint density at radius 3 is 2.65 bits per heavy atom. The van der Waals surface area contributed by atoms with Gasteiger partial charge in [0.1, 0.15) is 11.5 Å². The van der Waals surface area contributed by atoms with Crippen LogP contribution in [0.3, 0.4) is 0 Å². The number of hydrogen-bond acceptors (Lipinski definition) is 4. The van der Waals surface area contributed by atoms with Crippen molar-refractivity contribution in [3.63, 3.8) is 0 Å². The lowest BCUT2D eigenvalue weighted by molar-refractivity contribution is 0.0874. The number of rotatable bonds is 4. The summed E-state index contributed by atoms with van der Waals surface area (Å²) in [6, 6.07) is 4.03. The SMILES string of the molecule is Cc1ccc(CN2CCC[C@@]3(CCN(S(=O)(=O)N(C)C)C3)C2)o1. The van der Waals surface area contributed by atoms with E-state index in [0.717, 1.165) is 50.4 Å². The van der Waals surface area contributed by atoms with Crippen LogP contribution in [0.5, 0.6) is 0 Å². The van der Waals surface area contributed by atoms with Gasteiger partial charge < -0.3 is 4.42 Å². The van der Waals surface area contributed by atoms with Crippen LogP contribution in [0.4, 0.5) is 0 Å². The smallest absolute Gasteiger partial charge is 0.281 e. The monoisotopic (exact) mass is 341 g/mol. The van der Waals surface area contributed by atoms with Crippen LogP contribution >= 0.6 is 0 Å². The highest BCUT2D eigenvalue weighted by atomic mass is 32.2. The van der Waals surface area contributed by atoms with E-state index in [0.29, 0.717) is 13.1 Å². The van der Waals surface area contributed by atoms with Gasteiger partial charge in [-0.15, -0.1) is 0 Å². The van der Waals surface area contributed by atoms with Crippen molar-refractivity contribution in [2.45, 2.75) is 32.7 Å². The highest BCUT2D eigenvalue weighted by Crippen LogP contribution is 2.40. The van der Waals surface area contributed by atoms with Gasteiger partial charge in [0.05, 0.1) is 6.54 Å². The van der Waals surface area contributed by atoms with Crippen LogP contribution in [0.2, 0.25) is 0 Å². The van der Waals surface area contributed by atoms with Crippen molar-refractivity contribution in [3.8, 4) is 0 Å². The molecule has 2 aliphatic heterocycles. The summed E-state index contributed by atoms with van der Waals surface area (Å²) < 4.78 is 33.4. The minimum absolute atomic E-state index is 0.100. The molecule has 6 nitrogen and oxygen atoms in total. The van der Waals surface area contributed by atoms with Crippen molar-refractivity contribution in [2.75, 3.05) is 40.3 Å². The Hall–Kier alpha value is -0.890. The second kappa shape index (κ2) is 6.20. The molecule has 130 valence electrons. The average molecular weight is 341 g/mol. The maximum absolute atomic E-state index is 12.4. The zero-order chi connectivity index (χ0) is 16.7. The Morgan fingerprint density at radius 1 is 1.22 bits per heavy atom. The highest BCUT2D eigenvalue weighted by molar-refractivity contribution is 7.86. The minimum atomic E-state index is -3.30. The number of hydrogen-bond donors (Lipinski definition) is 0. The molecule has 0 saturated carbocycles. The Morgan fingerprint density at radius 2 is 2.00 bits per heavy atom. The maximum atomic E-state index is 12.4. The number of furan rings is 1. The average Bonchev–Trinajstić information content (AvgIpc) is 3.06. The summed E-state index contributed by atoms with van der Waals surface area (Å²) in [7, 11) is -0.0876. The largest absolute Gasteiger partial charge is 0.465 e. The van der Waals surface area contributed by atoms with E-state index in [1.54, 1.807) is 18.4 Å². The van der Waals surface area contributed by atoms with Crippen LogP contribution in [0.25, 0.3) is 0 Å². The molecule has 0 bridgehead atoms. The van der Waals surface area contributed by atoms with Crippen molar-refractivity contribution in [1.82, 2.24) is 13.5 Å². The molecule has 2 saturated heterocycles. The lowest BCUT2D eigenvalue weighted by atomic mass is 9.79. The van der Waals surface area contributed by atoms with Crippen LogP contribution in [0.15, 0.2) is 16.5 Å². The highest BCUT2D eigenvalue weighted by Gasteiger charge is 2.45. The Labute approximate surface area is 139 Å². The molecule has 0 radical (unpaired) electrons.